The fourth-order valence-electron chi connectivity index (χ4n) is 2.85. The summed E-state index contributed by atoms with van der Waals surface area (Å²) in [6.07, 6.45) is 1.50. The largest absolute Gasteiger partial charge is 0.378 e. The van der Waals surface area contributed by atoms with Gasteiger partial charge in [-0.3, -0.25) is 9.10 Å². The van der Waals surface area contributed by atoms with Crippen molar-refractivity contribution < 1.29 is 13.2 Å². The normalized spacial score (nSPS) is 11.3. The number of rotatable bonds is 8. The van der Waals surface area contributed by atoms with Crippen LogP contribution < -0.4 is 14.6 Å². The summed E-state index contributed by atoms with van der Waals surface area (Å²) in [6, 6.07) is 21.7. The Morgan fingerprint density at radius 3 is 2.12 bits per heavy atom. The number of nitrogens with one attached hydrogen (secondary N) is 1. The molecule has 166 valence electrons. The van der Waals surface area contributed by atoms with E-state index in [1.165, 1.54) is 18.3 Å². The van der Waals surface area contributed by atoms with Crippen molar-refractivity contribution in [1.29, 1.82) is 0 Å². The van der Waals surface area contributed by atoms with E-state index in [9.17, 15) is 13.2 Å². The minimum Gasteiger partial charge on any atom is -0.378 e. The molecule has 1 amide bonds. The Hall–Kier alpha value is -3.36. The molecular weight excluding hydrogens is 448 g/mol. The molecule has 0 aliphatic carbocycles. The maximum Gasteiger partial charge on any atom is 0.264 e. The van der Waals surface area contributed by atoms with Gasteiger partial charge in [-0.15, -0.1) is 0 Å². The van der Waals surface area contributed by atoms with E-state index in [-0.39, 0.29) is 4.90 Å². The Kier molecular flexibility index (Phi) is 7.50. The fraction of sp³-hybridized carbons (Fsp3) is 0.130. The number of nitrogens with zero attached hydrogens (tertiary/aromatic N) is 3. The number of hydrogen-bond donors (Lipinski definition) is 1. The van der Waals surface area contributed by atoms with Gasteiger partial charge in [-0.1, -0.05) is 41.9 Å². The molecule has 32 heavy (non-hydrogen) atoms. The molecule has 0 fully saturated rings. The van der Waals surface area contributed by atoms with Crippen molar-refractivity contribution in [3.63, 3.8) is 0 Å². The van der Waals surface area contributed by atoms with Gasteiger partial charge in [0.2, 0.25) is 0 Å². The van der Waals surface area contributed by atoms with Crippen LogP contribution in [0.1, 0.15) is 5.56 Å². The number of benzene rings is 3. The van der Waals surface area contributed by atoms with Crippen molar-refractivity contribution in [3.8, 4) is 0 Å². The smallest absolute Gasteiger partial charge is 0.264 e. The molecule has 3 rings (SSSR count). The minimum atomic E-state index is -3.98. The number of carbonyl (C=O) groups is 1. The summed E-state index contributed by atoms with van der Waals surface area (Å²) < 4.78 is 27.4. The van der Waals surface area contributed by atoms with E-state index < -0.39 is 22.5 Å². The van der Waals surface area contributed by atoms with Gasteiger partial charge in [0.25, 0.3) is 15.9 Å². The standard InChI is InChI=1S/C23H23ClN4O3S/c1-27(2)20-12-8-18(9-13-20)16-25-26-23(29)17-28(21-14-10-19(24)11-15-21)32(30,31)22-6-4-3-5-7-22/h3-16H,17H2,1-2H3,(H,26,29)/b25-16-. The first-order chi connectivity index (χ1) is 15.3. The molecular formula is C23H23ClN4O3S. The van der Waals surface area contributed by atoms with Crippen molar-refractivity contribution in [2.45, 2.75) is 4.90 Å². The van der Waals surface area contributed by atoms with Crippen molar-refractivity contribution in [1.82, 2.24) is 5.43 Å². The van der Waals surface area contributed by atoms with Crippen LogP contribution in [-0.2, 0) is 14.8 Å². The SMILES string of the molecule is CN(C)c1ccc(/C=N\NC(=O)CN(c2ccc(Cl)cc2)S(=O)(=O)c2ccccc2)cc1. The van der Waals surface area contributed by atoms with Crippen molar-refractivity contribution in [2.75, 3.05) is 29.8 Å². The van der Waals surface area contributed by atoms with E-state index in [0.29, 0.717) is 10.7 Å². The highest BCUT2D eigenvalue weighted by molar-refractivity contribution is 7.92. The molecule has 0 spiro atoms. The van der Waals surface area contributed by atoms with Crippen LogP contribution in [0.4, 0.5) is 11.4 Å². The molecule has 0 bridgehead atoms. The molecule has 1 N–H and O–H groups in total. The zero-order valence-electron chi connectivity index (χ0n) is 17.6. The molecule has 0 saturated carbocycles. The summed E-state index contributed by atoms with van der Waals surface area (Å²) in [4.78, 5) is 14.6. The van der Waals surface area contributed by atoms with Crippen LogP contribution >= 0.6 is 11.6 Å². The van der Waals surface area contributed by atoms with Crippen molar-refractivity contribution >= 4 is 45.1 Å². The third-order valence-electron chi connectivity index (χ3n) is 4.55. The number of anilines is 2. The number of hydrazone groups is 1. The lowest BCUT2D eigenvalue weighted by atomic mass is 10.2. The van der Waals surface area contributed by atoms with Crippen LogP contribution in [0.15, 0.2) is 88.9 Å². The molecule has 0 heterocycles. The first-order valence-corrected chi connectivity index (χ1v) is 11.5. The maximum atomic E-state index is 13.2. The van der Waals surface area contributed by atoms with Crippen LogP contribution in [0.5, 0.6) is 0 Å². The van der Waals surface area contributed by atoms with Gasteiger partial charge in [-0.25, -0.2) is 13.8 Å². The second-order valence-corrected chi connectivity index (χ2v) is 9.38. The second kappa shape index (κ2) is 10.3. The van der Waals surface area contributed by atoms with Gasteiger partial charge >= 0.3 is 0 Å². The first kappa shape index (κ1) is 23.3. The molecule has 0 unspecified atom stereocenters. The Bertz CT molecular complexity index is 1180. The van der Waals surface area contributed by atoms with Gasteiger partial charge in [-0.05, 0) is 54.1 Å². The predicted molar refractivity (Wildman–Crippen MR) is 129 cm³/mol. The van der Waals surface area contributed by atoms with E-state index in [1.807, 2.05) is 43.3 Å². The van der Waals surface area contributed by atoms with E-state index in [4.69, 9.17) is 11.6 Å². The highest BCUT2D eigenvalue weighted by atomic mass is 35.5. The number of carbonyl (C=O) groups excluding carboxylic acids is 1. The van der Waals surface area contributed by atoms with Crippen LogP contribution in [0, 0.1) is 0 Å². The van der Waals surface area contributed by atoms with Gasteiger partial charge in [0.15, 0.2) is 0 Å². The molecule has 0 aliphatic heterocycles. The lowest BCUT2D eigenvalue weighted by molar-refractivity contribution is -0.119. The topological polar surface area (TPSA) is 82.1 Å². The minimum absolute atomic E-state index is 0.0761. The summed E-state index contributed by atoms with van der Waals surface area (Å²) in [5.74, 6) is -0.583. The van der Waals surface area contributed by atoms with E-state index >= 15 is 0 Å². The summed E-state index contributed by atoms with van der Waals surface area (Å²) >= 11 is 5.94. The first-order valence-electron chi connectivity index (χ1n) is 9.70. The highest BCUT2D eigenvalue weighted by Crippen LogP contribution is 2.25. The molecule has 7 nitrogen and oxygen atoms in total. The average Bonchev–Trinajstić information content (AvgIpc) is 2.79. The number of sulfonamides is 1. The molecule has 0 aliphatic rings. The van der Waals surface area contributed by atoms with Gasteiger partial charge in [0, 0.05) is 24.8 Å². The van der Waals surface area contributed by atoms with E-state index in [1.54, 1.807) is 42.5 Å². The monoisotopic (exact) mass is 470 g/mol. The van der Waals surface area contributed by atoms with Crippen LogP contribution in [-0.4, -0.2) is 41.2 Å². The molecule has 0 saturated heterocycles. The van der Waals surface area contributed by atoms with Crippen LogP contribution in [0.25, 0.3) is 0 Å². The van der Waals surface area contributed by atoms with Gasteiger partial charge in [0.05, 0.1) is 16.8 Å². The Morgan fingerprint density at radius 1 is 0.938 bits per heavy atom. The number of halogens is 1. The maximum absolute atomic E-state index is 13.2. The Labute approximate surface area is 193 Å². The fourth-order valence-corrected chi connectivity index (χ4v) is 4.41. The Morgan fingerprint density at radius 2 is 1.53 bits per heavy atom. The summed E-state index contributed by atoms with van der Waals surface area (Å²) in [6.45, 7) is -0.449. The zero-order chi connectivity index (χ0) is 23.1. The second-order valence-electron chi connectivity index (χ2n) is 7.08. The highest BCUT2D eigenvalue weighted by Gasteiger charge is 2.27. The molecule has 0 radical (unpaired) electrons. The van der Waals surface area contributed by atoms with Gasteiger partial charge in [0.1, 0.15) is 6.54 Å². The number of amides is 1. The van der Waals surface area contributed by atoms with Gasteiger partial charge < -0.3 is 4.90 Å². The summed E-state index contributed by atoms with van der Waals surface area (Å²) in [5, 5.41) is 4.41. The summed E-state index contributed by atoms with van der Waals surface area (Å²) in [7, 11) is -0.0919. The number of hydrogen-bond acceptors (Lipinski definition) is 5. The van der Waals surface area contributed by atoms with Crippen molar-refractivity contribution in [3.05, 3.63) is 89.4 Å². The van der Waals surface area contributed by atoms with E-state index in [0.717, 1.165) is 15.6 Å². The molecule has 0 aromatic heterocycles. The Balaban J connectivity index is 1.77. The third kappa shape index (κ3) is 5.87. The molecule has 9 heteroatoms. The lowest BCUT2D eigenvalue weighted by Gasteiger charge is -2.23. The van der Waals surface area contributed by atoms with Crippen LogP contribution in [0.3, 0.4) is 0 Å². The lowest BCUT2D eigenvalue weighted by Crippen LogP contribution is -2.39. The molecule has 3 aromatic carbocycles. The molecule has 3 aromatic rings. The van der Waals surface area contributed by atoms with Crippen molar-refractivity contribution in [2.24, 2.45) is 5.10 Å². The van der Waals surface area contributed by atoms with Crippen LogP contribution in [0.2, 0.25) is 5.02 Å². The molecule has 0 atom stereocenters. The quantitative estimate of drug-likeness (QED) is 0.401. The van der Waals surface area contributed by atoms with Gasteiger partial charge in [-0.2, -0.15) is 5.10 Å². The van der Waals surface area contributed by atoms with E-state index in [2.05, 4.69) is 10.5 Å². The predicted octanol–water partition coefficient (Wildman–Crippen LogP) is 3.75. The summed E-state index contributed by atoms with van der Waals surface area (Å²) in [5.41, 5.74) is 4.54. The third-order valence-corrected chi connectivity index (χ3v) is 6.59. The average molecular weight is 471 g/mol. The zero-order valence-corrected chi connectivity index (χ0v) is 19.2.